The van der Waals surface area contributed by atoms with Crippen LogP contribution in [0.15, 0.2) is 57.7 Å². The van der Waals surface area contributed by atoms with Crippen molar-refractivity contribution in [2.45, 2.75) is 19.9 Å². The van der Waals surface area contributed by atoms with E-state index in [1.807, 2.05) is 0 Å². The summed E-state index contributed by atoms with van der Waals surface area (Å²) >= 11 is 1.02. The summed E-state index contributed by atoms with van der Waals surface area (Å²) in [6.07, 6.45) is 0. The van der Waals surface area contributed by atoms with Crippen LogP contribution in [-0.4, -0.2) is 28.6 Å². The first-order chi connectivity index (χ1) is 15.9. The third-order valence-corrected chi connectivity index (χ3v) is 6.58. The summed E-state index contributed by atoms with van der Waals surface area (Å²) in [6.45, 7) is 3.58. The standard InChI is InChI=1S/C24H18N2O6S/c1-3-31-23(30)21-12(2)25-24(33-21)26-18(13-8-10-14(27)11-9-13)17-19(28)15-6-4-5-7-16(15)32-20(17)22(26)29/h4-11,18,27H,3H2,1-2H3. The van der Waals surface area contributed by atoms with Gasteiger partial charge in [0.25, 0.3) is 5.91 Å². The lowest BCUT2D eigenvalue weighted by molar-refractivity contribution is 0.0531. The number of aromatic nitrogens is 1. The van der Waals surface area contributed by atoms with Crippen LogP contribution in [0, 0.1) is 6.92 Å². The fraction of sp³-hybridized carbons (Fsp3) is 0.167. The number of esters is 1. The maximum absolute atomic E-state index is 13.6. The summed E-state index contributed by atoms with van der Waals surface area (Å²) in [5.74, 6) is -1.07. The van der Waals surface area contributed by atoms with Gasteiger partial charge >= 0.3 is 5.97 Å². The van der Waals surface area contributed by atoms with Crippen LogP contribution in [0.5, 0.6) is 5.75 Å². The fourth-order valence-corrected chi connectivity index (χ4v) is 4.95. The summed E-state index contributed by atoms with van der Waals surface area (Å²) < 4.78 is 11.0. The second-order valence-electron chi connectivity index (χ2n) is 7.47. The van der Waals surface area contributed by atoms with Gasteiger partial charge in [-0.3, -0.25) is 14.5 Å². The molecule has 0 spiro atoms. The number of hydrogen-bond donors (Lipinski definition) is 1. The number of nitrogens with zero attached hydrogens (tertiary/aromatic N) is 2. The lowest BCUT2D eigenvalue weighted by Gasteiger charge is -2.22. The van der Waals surface area contributed by atoms with Crippen LogP contribution in [0.4, 0.5) is 5.13 Å². The van der Waals surface area contributed by atoms with Crippen LogP contribution in [0.25, 0.3) is 11.0 Å². The minimum Gasteiger partial charge on any atom is -0.508 e. The quantitative estimate of drug-likeness (QED) is 0.453. The van der Waals surface area contributed by atoms with E-state index in [0.717, 1.165) is 11.3 Å². The molecule has 1 N–H and O–H groups in total. The van der Waals surface area contributed by atoms with Crippen molar-refractivity contribution in [3.8, 4) is 5.75 Å². The highest BCUT2D eigenvalue weighted by molar-refractivity contribution is 7.17. The number of rotatable bonds is 4. The molecular weight excluding hydrogens is 444 g/mol. The van der Waals surface area contributed by atoms with Crippen LogP contribution in [0.2, 0.25) is 0 Å². The Morgan fingerprint density at radius 2 is 1.91 bits per heavy atom. The second-order valence-corrected chi connectivity index (χ2v) is 8.45. The number of ether oxygens (including phenoxy) is 1. The first-order valence-electron chi connectivity index (χ1n) is 10.2. The van der Waals surface area contributed by atoms with Crippen molar-refractivity contribution in [2.24, 2.45) is 0 Å². The predicted octanol–water partition coefficient (Wildman–Crippen LogP) is 4.19. The topological polar surface area (TPSA) is 110 Å². The van der Waals surface area contributed by atoms with Crippen LogP contribution in [0.1, 0.15) is 50.0 Å². The number of aromatic hydroxyl groups is 1. The summed E-state index contributed by atoms with van der Waals surface area (Å²) in [5.41, 5.74) is 1.19. The van der Waals surface area contributed by atoms with Crippen molar-refractivity contribution in [1.82, 2.24) is 4.98 Å². The van der Waals surface area contributed by atoms with E-state index in [9.17, 15) is 19.5 Å². The molecule has 9 heteroatoms. The maximum atomic E-state index is 13.6. The summed E-state index contributed by atoms with van der Waals surface area (Å²) in [7, 11) is 0. The molecule has 1 aliphatic heterocycles. The SMILES string of the molecule is CCOC(=O)c1sc(N2C(=O)c3oc4ccccc4c(=O)c3C2c2ccc(O)cc2)nc1C. The number of fused-ring (bicyclic) bond motifs is 2. The molecule has 8 nitrogen and oxygen atoms in total. The smallest absolute Gasteiger partial charge is 0.350 e. The van der Waals surface area contributed by atoms with Crippen molar-refractivity contribution in [2.75, 3.05) is 11.5 Å². The van der Waals surface area contributed by atoms with Crippen molar-refractivity contribution in [3.63, 3.8) is 0 Å². The van der Waals surface area contributed by atoms with Gasteiger partial charge in [-0.25, -0.2) is 9.78 Å². The van der Waals surface area contributed by atoms with E-state index in [2.05, 4.69) is 4.98 Å². The molecule has 2 aromatic heterocycles. The van der Waals surface area contributed by atoms with Crippen LogP contribution < -0.4 is 10.3 Å². The first kappa shape index (κ1) is 20.9. The third-order valence-electron chi connectivity index (χ3n) is 5.44. The molecule has 1 aliphatic rings. The van der Waals surface area contributed by atoms with Crippen LogP contribution in [0.3, 0.4) is 0 Å². The molecule has 166 valence electrons. The highest BCUT2D eigenvalue weighted by Crippen LogP contribution is 2.43. The molecule has 0 saturated heterocycles. The van der Waals surface area contributed by atoms with Gasteiger partial charge in [0.1, 0.15) is 16.2 Å². The van der Waals surface area contributed by atoms with Crippen molar-refractivity contribution >= 4 is 39.3 Å². The van der Waals surface area contributed by atoms with Crippen molar-refractivity contribution < 1.29 is 23.8 Å². The Balaban J connectivity index is 1.74. The van der Waals surface area contributed by atoms with E-state index in [1.165, 1.54) is 17.0 Å². The highest BCUT2D eigenvalue weighted by atomic mass is 32.1. The fourth-order valence-electron chi connectivity index (χ4n) is 3.96. The van der Waals surface area contributed by atoms with Gasteiger partial charge in [-0.15, -0.1) is 0 Å². The molecule has 33 heavy (non-hydrogen) atoms. The molecule has 5 rings (SSSR count). The zero-order valence-electron chi connectivity index (χ0n) is 17.7. The van der Waals surface area contributed by atoms with Gasteiger partial charge in [0, 0.05) is 0 Å². The number of carbonyl (C=O) groups is 2. The normalized spacial score (nSPS) is 15.2. The summed E-state index contributed by atoms with van der Waals surface area (Å²) in [5, 5.41) is 10.4. The minimum atomic E-state index is -0.838. The number of amides is 1. The van der Waals surface area contributed by atoms with E-state index >= 15 is 0 Å². The monoisotopic (exact) mass is 462 g/mol. The lowest BCUT2D eigenvalue weighted by Crippen LogP contribution is -2.29. The Kier molecular flexibility index (Phi) is 4.98. The minimum absolute atomic E-state index is 0.0510. The molecule has 0 bridgehead atoms. The van der Waals surface area contributed by atoms with Gasteiger partial charge in [0.2, 0.25) is 5.76 Å². The van der Waals surface area contributed by atoms with Gasteiger partial charge in [-0.2, -0.15) is 0 Å². The zero-order chi connectivity index (χ0) is 23.3. The number of para-hydroxylation sites is 1. The van der Waals surface area contributed by atoms with Crippen molar-refractivity contribution in [3.05, 3.63) is 86.2 Å². The van der Waals surface area contributed by atoms with Gasteiger partial charge in [-0.1, -0.05) is 35.6 Å². The Morgan fingerprint density at radius 3 is 2.64 bits per heavy atom. The van der Waals surface area contributed by atoms with Crippen LogP contribution in [-0.2, 0) is 4.74 Å². The van der Waals surface area contributed by atoms with E-state index in [0.29, 0.717) is 22.2 Å². The lowest BCUT2D eigenvalue weighted by atomic mass is 9.98. The Labute approximate surface area is 191 Å². The number of phenols is 1. The molecule has 4 aromatic rings. The molecule has 0 radical (unpaired) electrons. The average Bonchev–Trinajstić information content (AvgIpc) is 3.32. The van der Waals surface area contributed by atoms with Gasteiger partial charge in [0.15, 0.2) is 10.6 Å². The molecule has 0 saturated carbocycles. The number of carbonyl (C=O) groups excluding carboxylic acids is 2. The Bertz CT molecular complexity index is 1470. The molecule has 1 atom stereocenters. The largest absolute Gasteiger partial charge is 0.508 e. The molecular formula is C24H18N2O6S. The van der Waals surface area contributed by atoms with Gasteiger partial charge < -0.3 is 14.3 Å². The number of aryl methyl sites for hydroxylation is 1. The number of thiazole rings is 1. The highest BCUT2D eigenvalue weighted by Gasteiger charge is 2.45. The number of phenolic OH excluding ortho intramolecular Hbond substituents is 1. The van der Waals surface area contributed by atoms with Gasteiger partial charge in [0.05, 0.1) is 29.3 Å². The molecule has 2 aromatic carbocycles. The molecule has 0 fully saturated rings. The molecule has 1 unspecified atom stereocenters. The summed E-state index contributed by atoms with van der Waals surface area (Å²) in [4.78, 5) is 45.5. The third kappa shape index (κ3) is 3.28. The molecule has 0 aliphatic carbocycles. The van der Waals surface area contributed by atoms with Gasteiger partial charge in [-0.05, 0) is 43.7 Å². The predicted molar refractivity (Wildman–Crippen MR) is 122 cm³/mol. The Hall–Kier alpha value is -3.98. The summed E-state index contributed by atoms with van der Waals surface area (Å²) in [6, 6.07) is 12.1. The number of hydrogen-bond acceptors (Lipinski definition) is 8. The Morgan fingerprint density at radius 1 is 1.18 bits per heavy atom. The van der Waals surface area contributed by atoms with E-state index in [-0.39, 0.29) is 39.1 Å². The van der Waals surface area contributed by atoms with Crippen LogP contribution >= 0.6 is 11.3 Å². The maximum Gasteiger partial charge on any atom is 0.350 e. The number of anilines is 1. The van der Waals surface area contributed by atoms with E-state index in [1.54, 1.807) is 50.2 Å². The number of benzene rings is 2. The van der Waals surface area contributed by atoms with E-state index in [4.69, 9.17) is 9.15 Å². The molecule has 1 amide bonds. The van der Waals surface area contributed by atoms with E-state index < -0.39 is 17.9 Å². The average molecular weight is 462 g/mol. The second kappa shape index (κ2) is 7.86. The zero-order valence-corrected chi connectivity index (χ0v) is 18.5. The first-order valence-corrected chi connectivity index (χ1v) is 11.0. The van der Waals surface area contributed by atoms with Crippen molar-refractivity contribution in [1.29, 1.82) is 0 Å². The molecule has 3 heterocycles.